The first-order valence-electron chi connectivity index (χ1n) is 8.14. The van der Waals surface area contributed by atoms with Crippen molar-refractivity contribution in [3.05, 3.63) is 54.1 Å². The van der Waals surface area contributed by atoms with E-state index >= 15 is 0 Å². The van der Waals surface area contributed by atoms with Crippen LogP contribution in [0.1, 0.15) is 5.56 Å². The molecule has 8 nitrogen and oxygen atoms in total. The van der Waals surface area contributed by atoms with Crippen LogP contribution < -0.4 is 19.4 Å². The minimum absolute atomic E-state index is 0.0816. The van der Waals surface area contributed by atoms with Gasteiger partial charge in [-0.25, -0.2) is 0 Å². The first-order valence-corrected chi connectivity index (χ1v) is 9.72. The Labute approximate surface area is 162 Å². The van der Waals surface area contributed by atoms with Crippen LogP contribution in [0.3, 0.4) is 0 Å². The highest BCUT2D eigenvalue weighted by Crippen LogP contribution is 2.48. The predicted molar refractivity (Wildman–Crippen MR) is 103 cm³/mol. The molecular formula is C19H19NO7S. The molecule has 3 aromatic rings. The molecule has 3 rings (SSSR count). The summed E-state index contributed by atoms with van der Waals surface area (Å²) in [7, 11) is -1.14. The molecule has 148 valence electrons. The zero-order valence-corrected chi connectivity index (χ0v) is 16.0. The average molecular weight is 405 g/mol. The van der Waals surface area contributed by atoms with Crippen LogP contribution in [-0.4, -0.2) is 27.7 Å². The highest BCUT2D eigenvalue weighted by Gasteiger charge is 2.27. The van der Waals surface area contributed by atoms with E-state index in [1.54, 1.807) is 48.5 Å². The van der Waals surface area contributed by atoms with Gasteiger partial charge in [0.2, 0.25) is 17.4 Å². The maximum Gasteiger partial charge on any atom is 0.313 e. The molecule has 3 N–H and O–H groups in total. The Balaban J connectivity index is 1.95. The van der Waals surface area contributed by atoms with Crippen LogP contribution in [-0.2, 0) is 15.9 Å². The number of furan rings is 1. The fourth-order valence-electron chi connectivity index (χ4n) is 2.61. The number of anilines is 1. The highest BCUT2D eigenvalue weighted by atomic mass is 32.2. The van der Waals surface area contributed by atoms with Crippen LogP contribution in [0.4, 0.5) is 5.88 Å². The van der Waals surface area contributed by atoms with Gasteiger partial charge in [-0.15, -0.1) is 0 Å². The van der Waals surface area contributed by atoms with Crippen molar-refractivity contribution in [3.8, 4) is 34.3 Å². The summed E-state index contributed by atoms with van der Waals surface area (Å²) >= 11 is 0. The Morgan fingerprint density at radius 2 is 1.79 bits per heavy atom. The zero-order valence-electron chi connectivity index (χ0n) is 15.2. The Bertz CT molecular complexity index is 1080. The molecule has 1 aromatic heterocycles. The van der Waals surface area contributed by atoms with Crippen molar-refractivity contribution in [1.82, 2.24) is 0 Å². The van der Waals surface area contributed by atoms with Gasteiger partial charge in [0.25, 0.3) is 0 Å². The van der Waals surface area contributed by atoms with Crippen molar-refractivity contribution in [2.75, 3.05) is 20.0 Å². The largest absolute Gasteiger partial charge is 0.501 e. The van der Waals surface area contributed by atoms with Gasteiger partial charge in [0.1, 0.15) is 17.3 Å². The van der Waals surface area contributed by atoms with Crippen LogP contribution >= 0.6 is 0 Å². The molecule has 28 heavy (non-hydrogen) atoms. The molecule has 1 heterocycles. The lowest BCUT2D eigenvalue weighted by atomic mass is 10.1. The lowest BCUT2D eigenvalue weighted by molar-refractivity contribution is 0.393. The Hall–Kier alpha value is -3.33. The lowest BCUT2D eigenvalue weighted by Gasteiger charge is -2.09. The van der Waals surface area contributed by atoms with Crippen molar-refractivity contribution in [1.29, 1.82) is 0 Å². The molecule has 0 amide bonds. The maximum atomic E-state index is 12.4. The monoisotopic (exact) mass is 405 g/mol. The van der Waals surface area contributed by atoms with Gasteiger partial charge in [0.05, 0.1) is 19.8 Å². The van der Waals surface area contributed by atoms with Crippen molar-refractivity contribution in [3.63, 3.8) is 0 Å². The fraction of sp³-hybridized carbons (Fsp3) is 0.158. The van der Waals surface area contributed by atoms with E-state index in [4.69, 9.17) is 23.8 Å². The molecule has 2 aromatic carbocycles. The first-order chi connectivity index (χ1) is 13.3. The molecule has 0 bridgehead atoms. The molecule has 0 aliphatic carbocycles. The van der Waals surface area contributed by atoms with E-state index in [-0.39, 0.29) is 17.4 Å². The quantitative estimate of drug-likeness (QED) is 0.575. The summed E-state index contributed by atoms with van der Waals surface area (Å²) in [6.07, 6.45) is 0. The number of hydrogen-bond donors (Lipinski definition) is 2. The lowest BCUT2D eigenvalue weighted by Crippen LogP contribution is -2.12. The fourth-order valence-corrected chi connectivity index (χ4v) is 3.68. The molecule has 9 heteroatoms. The van der Waals surface area contributed by atoms with Crippen molar-refractivity contribution in [2.45, 2.75) is 5.75 Å². The smallest absolute Gasteiger partial charge is 0.313 e. The number of nitrogens with two attached hydrogens (primary N) is 1. The third-order valence-corrected chi connectivity index (χ3v) is 5.02. The number of ether oxygens (including phenoxy) is 2. The molecule has 0 unspecified atom stereocenters. The molecule has 0 aliphatic heterocycles. The molecule has 0 spiro atoms. The van der Waals surface area contributed by atoms with E-state index in [0.29, 0.717) is 22.6 Å². The Morgan fingerprint density at radius 3 is 2.43 bits per heavy atom. The molecule has 0 saturated heterocycles. The van der Waals surface area contributed by atoms with Crippen LogP contribution in [0.2, 0.25) is 0 Å². The summed E-state index contributed by atoms with van der Waals surface area (Å²) in [4.78, 5) is 0. The van der Waals surface area contributed by atoms with E-state index in [2.05, 4.69) is 0 Å². The van der Waals surface area contributed by atoms with Gasteiger partial charge in [-0.3, -0.25) is 0 Å². The number of aromatic hydroxyl groups is 1. The van der Waals surface area contributed by atoms with Gasteiger partial charge in [0, 0.05) is 6.07 Å². The Morgan fingerprint density at radius 1 is 1.07 bits per heavy atom. The predicted octanol–water partition coefficient (Wildman–Crippen LogP) is 3.16. The average Bonchev–Trinajstić information content (AvgIpc) is 2.95. The summed E-state index contributed by atoms with van der Waals surface area (Å²) in [6, 6.07) is 13.3. The second-order valence-electron chi connectivity index (χ2n) is 5.81. The molecule has 0 saturated carbocycles. The number of hydrogen-bond acceptors (Lipinski definition) is 8. The van der Waals surface area contributed by atoms with E-state index in [9.17, 15) is 13.5 Å². The number of benzene rings is 2. The SMILES string of the molecule is COc1ccc(-c2oc(N)c(OS(=O)(=O)Cc3ccccc3)c2O)c(OC)c1. The zero-order chi connectivity index (χ0) is 20.3. The van der Waals surface area contributed by atoms with Crippen LogP contribution in [0.15, 0.2) is 52.9 Å². The van der Waals surface area contributed by atoms with Crippen molar-refractivity contribution < 1.29 is 31.6 Å². The molecule has 0 radical (unpaired) electrons. The van der Waals surface area contributed by atoms with E-state index < -0.39 is 21.6 Å². The minimum Gasteiger partial charge on any atom is -0.501 e. The minimum atomic E-state index is -4.08. The number of methoxy groups -OCH3 is 2. The molecule has 0 fully saturated rings. The normalized spacial score (nSPS) is 11.2. The molecular weight excluding hydrogens is 386 g/mol. The van der Waals surface area contributed by atoms with Crippen LogP contribution in [0, 0.1) is 0 Å². The third kappa shape index (κ3) is 3.99. The van der Waals surface area contributed by atoms with Gasteiger partial charge in [-0.1, -0.05) is 30.3 Å². The number of rotatable bonds is 7. The van der Waals surface area contributed by atoms with Crippen molar-refractivity contribution in [2.24, 2.45) is 0 Å². The summed E-state index contributed by atoms with van der Waals surface area (Å²) in [6.45, 7) is 0. The van der Waals surface area contributed by atoms with Crippen LogP contribution in [0.25, 0.3) is 11.3 Å². The molecule has 0 atom stereocenters. The van der Waals surface area contributed by atoms with Gasteiger partial charge >= 0.3 is 10.1 Å². The van der Waals surface area contributed by atoms with Crippen LogP contribution in [0.5, 0.6) is 23.0 Å². The first kappa shape index (κ1) is 19.4. The standard InChI is InChI=1S/C19H19NO7S/c1-24-13-8-9-14(15(10-13)25-2)17-16(21)18(19(20)26-17)27-28(22,23)11-12-6-4-3-5-7-12/h3-10,21H,11,20H2,1-2H3. The van der Waals surface area contributed by atoms with Crippen molar-refractivity contribution >= 4 is 16.0 Å². The van der Waals surface area contributed by atoms with Gasteiger partial charge in [-0.05, 0) is 17.7 Å². The summed E-state index contributed by atoms with van der Waals surface area (Å²) in [5, 5.41) is 10.5. The summed E-state index contributed by atoms with van der Waals surface area (Å²) in [5.41, 5.74) is 6.62. The second kappa shape index (κ2) is 7.73. The van der Waals surface area contributed by atoms with Gasteiger partial charge in [0.15, 0.2) is 5.76 Å². The topological polar surface area (TPSA) is 121 Å². The highest BCUT2D eigenvalue weighted by molar-refractivity contribution is 7.86. The Kier molecular flexibility index (Phi) is 5.36. The summed E-state index contributed by atoms with van der Waals surface area (Å²) < 4.78 is 45.5. The third-order valence-electron chi connectivity index (χ3n) is 3.92. The molecule has 0 aliphatic rings. The number of nitrogen functional groups attached to an aromatic ring is 1. The van der Waals surface area contributed by atoms with Gasteiger partial charge < -0.3 is 28.9 Å². The van der Waals surface area contributed by atoms with Gasteiger partial charge in [-0.2, -0.15) is 8.42 Å². The van der Waals surface area contributed by atoms with E-state index in [1.807, 2.05) is 0 Å². The maximum absolute atomic E-state index is 12.4. The second-order valence-corrected chi connectivity index (χ2v) is 7.38. The van der Waals surface area contributed by atoms with E-state index in [0.717, 1.165) is 0 Å². The van der Waals surface area contributed by atoms with E-state index in [1.165, 1.54) is 14.2 Å². The summed E-state index contributed by atoms with van der Waals surface area (Å²) in [5.74, 6) is -0.993.